The van der Waals surface area contributed by atoms with Crippen molar-refractivity contribution in [2.45, 2.75) is 39.3 Å². The van der Waals surface area contributed by atoms with Gasteiger partial charge in [0, 0.05) is 6.04 Å². The molecule has 17 heavy (non-hydrogen) atoms. The Morgan fingerprint density at radius 1 is 1.18 bits per heavy atom. The molecular formula is C14H22FNO. The van der Waals surface area contributed by atoms with Gasteiger partial charge in [0.25, 0.3) is 0 Å². The van der Waals surface area contributed by atoms with E-state index in [0.717, 1.165) is 18.5 Å². The van der Waals surface area contributed by atoms with Crippen molar-refractivity contribution in [1.82, 2.24) is 5.32 Å². The topological polar surface area (TPSA) is 32.3 Å². The molecule has 0 saturated carbocycles. The molecule has 0 saturated heterocycles. The molecule has 1 aromatic carbocycles. The van der Waals surface area contributed by atoms with Gasteiger partial charge in [0.05, 0.1) is 6.10 Å². The molecule has 2 N–H and O–H groups in total. The van der Waals surface area contributed by atoms with E-state index in [0.29, 0.717) is 5.92 Å². The molecule has 0 aliphatic rings. The van der Waals surface area contributed by atoms with Gasteiger partial charge in [-0.25, -0.2) is 4.39 Å². The minimum atomic E-state index is -0.595. The van der Waals surface area contributed by atoms with Crippen molar-refractivity contribution in [2.75, 3.05) is 6.54 Å². The summed E-state index contributed by atoms with van der Waals surface area (Å²) >= 11 is 0. The third-order valence-electron chi connectivity index (χ3n) is 2.87. The van der Waals surface area contributed by atoms with Gasteiger partial charge in [0.2, 0.25) is 0 Å². The first kappa shape index (κ1) is 14.1. The lowest BCUT2D eigenvalue weighted by Gasteiger charge is -2.21. The molecular weight excluding hydrogens is 217 g/mol. The van der Waals surface area contributed by atoms with Crippen LogP contribution >= 0.6 is 0 Å². The molecule has 2 atom stereocenters. The number of hydrogen-bond donors (Lipinski definition) is 2. The van der Waals surface area contributed by atoms with E-state index in [1.807, 2.05) is 6.92 Å². The van der Waals surface area contributed by atoms with Gasteiger partial charge < -0.3 is 10.4 Å². The van der Waals surface area contributed by atoms with E-state index in [4.69, 9.17) is 0 Å². The van der Waals surface area contributed by atoms with Gasteiger partial charge in [-0.2, -0.15) is 0 Å². The highest BCUT2D eigenvalue weighted by atomic mass is 19.1. The number of benzene rings is 1. The number of hydrogen-bond acceptors (Lipinski definition) is 2. The van der Waals surface area contributed by atoms with Crippen LogP contribution in [0, 0.1) is 11.7 Å². The van der Waals surface area contributed by atoms with Crippen LogP contribution in [0.25, 0.3) is 0 Å². The maximum Gasteiger partial charge on any atom is 0.123 e. The van der Waals surface area contributed by atoms with E-state index >= 15 is 0 Å². The fourth-order valence-corrected chi connectivity index (χ4v) is 1.66. The minimum Gasteiger partial charge on any atom is -0.387 e. The Bertz CT molecular complexity index is 323. The molecule has 2 unspecified atom stereocenters. The van der Waals surface area contributed by atoms with E-state index < -0.39 is 6.10 Å². The molecule has 0 aromatic heterocycles. The number of nitrogens with one attached hydrogen (secondary N) is 1. The summed E-state index contributed by atoms with van der Waals surface area (Å²) in [5, 5.41) is 13.3. The van der Waals surface area contributed by atoms with E-state index in [-0.39, 0.29) is 11.9 Å². The molecule has 0 aliphatic carbocycles. The largest absolute Gasteiger partial charge is 0.387 e. The second kappa shape index (κ2) is 6.72. The van der Waals surface area contributed by atoms with Crippen molar-refractivity contribution in [3.8, 4) is 0 Å². The van der Waals surface area contributed by atoms with Gasteiger partial charge in [-0.3, -0.25) is 0 Å². The zero-order valence-electron chi connectivity index (χ0n) is 10.8. The monoisotopic (exact) mass is 239 g/mol. The lowest BCUT2D eigenvalue weighted by Crippen LogP contribution is -2.33. The molecule has 0 spiro atoms. The summed E-state index contributed by atoms with van der Waals surface area (Å²) < 4.78 is 12.7. The van der Waals surface area contributed by atoms with Crippen LogP contribution < -0.4 is 5.32 Å². The molecule has 2 nitrogen and oxygen atoms in total. The summed E-state index contributed by atoms with van der Waals surface area (Å²) in [5.41, 5.74) is 0.746. The van der Waals surface area contributed by atoms with E-state index in [1.165, 1.54) is 12.1 Å². The lowest BCUT2D eigenvalue weighted by molar-refractivity contribution is 0.135. The van der Waals surface area contributed by atoms with Crippen LogP contribution in [-0.4, -0.2) is 17.7 Å². The quantitative estimate of drug-likeness (QED) is 0.800. The van der Waals surface area contributed by atoms with Crippen LogP contribution in [-0.2, 0) is 0 Å². The van der Waals surface area contributed by atoms with Crippen LogP contribution in [0.1, 0.15) is 38.9 Å². The van der Waals surface area contributed by atoms with Crippen LogP contribution in [0.2, 0.25) is 0 Å². The van der Waals surface area contributed by atoms with Gasteiger partial charge in [-0.05, 0) is 43.5 Å². The Morgan fingerprint density at radius 3 is 2.29 bits per heavy atom. The first-order valence-corrected chi connectivity index (χ1v) is 6.17. The Labute approximate surface area is 103 Å². The third kappa shape index (κ3) is 4.84. The van der Waals surface area contributed by atoms with Gasteiger partial charge >= 0.3 is 0 Å². The maximum atomic E-state index is 12.7. The van der Waals surface area contributed by atoms with E-state index in [9.17, 15) is 9.50 Å². The number of aliphatic hydroxyl groups excluding tert-OH is 1. The van der Waals surface area contributed by atoms with Crippen LogP contribution in [0.3, 0.4) is 0 Å². The van der Waals surface area contributed by atoms with Gasteiger partial charge in [0.15, 0.2) is 0 Å². The fraction of sp³-hybridized carbons (Fsp3) is 0.571. The maximum absolute atomic E-state index is 12.7. The highest BCUT2D eigenvalue weighted by molar-refractivity contribution is 5.19. The Morgan fingerprint density at radius 2 is 1.76 bits per heavy atom. The van der Waals surface area contributed by atoms with Crippen molar-refractivity contribution in [3.63, 3.8) is 0 Å². The van der Waals surface area contributed by atoms with Crippen molar-refractivity contribution in [1.29, 1.82) is 0 Å². The normalized spacial score (nSPS) is 14.9. The molecule has 0 bridgehead atoms. The molecule has 0 fully saturated rings. The average molecular weight is 239 g/mol. The predicted octanol–water partition coefficient (Wildman–Crippen LogP) is 2.88. The van der Waals surface area contributed by atoms with Crippen LogP contribution in [0.4, 0.5) is 4.39 Å². The Kier molecular flexibility index (Phi) is 5.59. The zero-order chi connectivity index (χ0) is 12.8. The summed E-state index contributed by atoms with van der Waals surface area (Å²) in [6.45, 7) is 7.16. The summed E-state index contributed by atoms with van der Waals surface area (Å²) in [6, 6.07) is 5.97. The predicted molar refractivity (Wildman–Crippen MR) is 68.3 cm³/mol. The van der Waals surface area contributed by atoms with Crippen LogP contribution in [0.5, 0.6) is 0 Å². The highest BCUT2D eigenvalue weighted by Crippen LogP contribution is 2.17. The molecule has 0 heterocycles. The second-order valence-corrected chi connectivity index (χ2v) is 4.92. The smallest absolute Gasteiger partial charge is 0.123 e. The Hall–Kier alpha value is -0.930. The van der Waals surface area contributed by atoms with Crippen molar-refractivity contribution in [2.24, 2.45) is 5.92 Å². The van der Waals surface area contributed by atoms with Gasteiger partial charge in [-0.1, -0.05) is 26.0 Å². The fourth-order valence-electron chi connectivity index (χ4n) is 1.66. The Balaban J connectivity index is 2.45. The standard InChI is InChI=1S/C14H22FNO/c1-10(2)8-9-16-11(3)14(17)12-4-6-13(15)7-5-12/h4-7,10-11,14,16-17H,8-9H2,1-3H3. The highest BCUT2D eigenvalue weighted by Gasteiger charge is 2.15. The molecule has 0 radical (unpaired) electrons. The molecule has 0 aliphatic heterocycles. The first-order valence-electron chi connectivity index (χ1n) is 6.17. The summed E-state index contributed by atoms with van der Waals surface area (Å²) in [4.78, 5) is 0. The SMILES string of the molecule is CC(C)CCNC(C)C(O)c1ccc(F)cc1. The summed E-state index contributed by atoms with van der Waals surface area (Å²) in [7, 11) is 0. The molecule has 1 rings (SSSR count). The number of aliphatic hydroxyl groups is 1. The molecule has 1 aromatic rings. The van der Waals surface area contributed by atoms with E-state index in [1.54, 1.807) is 12.1 Å². The molecule has 96 valence electrons. The number of halogens is 1. The van der Waals surface area contributed by atoms with Gasteiger partial charge in [0.1, 0.15) is 5.82 Å². The second-order valence-electron chi connectivity index (χ2n) is 4.92. The third-order valence-corrected chi connectivity index (χ3v) is 2.87. The molecule has 3 heteroatoms. The minimum absolute atomic E-state index is 0.0285. The average Bonchev–Trinajstić information content (AvgIpc) is 2.28. The van der Waals surface area contributed by atoms with Crippen molar-refractivity contribution >= 4 is 0 Å². The van der Waals surface area contributed by atoms with Crippen molar-refractivity contribution < 1.29 is 9.50 Å². The van der Waals surface area contributed by atoms with Crippen LogP contribution in [0.15, 0.2) is 24.3 Å². The molecule has 0 amide bonds. The number of rotatable bonds is 6. The lowest BCUT2D eigenvalue weighted by atomic mass is 10.0. The zero-order valence-corrected chi connectivity index (χ0v) is 10.8. The summed E-state index contributed by atoms with van der Waals surface area (Å²) in [5.74, 6) is 0.374. The van der Waals surface area contributed by atoms with Crippen molar-refractivity contribution in [3.05, 3.63) is 35.6 Å². The summed E-state index contributed by atoms with van der Waals surface area (Å²) in [6.07, 6.45) is 0.489. The van der Waals surface area contributed by atoms with E-state index in [2.05, 4.69) is 19.2 Å². The first-order chi connectivity index (χ1) is 8.00. The van der Waals surface area contributed by atoms with Gasteiger partial charge in [-0.15, -0.1) is 0 Å².